The van der Waals surface area contributed by atoms with Crippen LogP contribution >= 0.6 is 0 Å². The number of methoxy groups -OCH3 is 1. The van der Waals surface area contributed by atoms with Gasteiger partial charge in [-0.3, -0.25) is 0 Å². The summed E-state index contributed by atoms with van der Waals surface area (Å²) >= 11 is 0. The Morgan fingerprint density at radius 2 is 2.14 bits per heavy atom. The molecule has 0 aromatic carbocycles. The number of hydrogen-bond acceptors (Lipinski definition) is 7. The van der Waals surface area contributed by atoms with Crippen molar-refractivity contribution >= 4 is 5.97 Å². The van der Waals surface area contributed by atoms with Gasteiger partial charge >= 0.3 is 18.2 Å². The molecule has 0 spiro atoms. The molecule has 22 heavy (non-hydrogen) atoms. The molecule has 0 aliphatic carbocycles. The number of oxazole rings is 1. The number of nitrogens with zero attached hydrogens (tertiary/aromatic N) is 2. The van der Waals surface area contributed by atoms with Crippen LogP contribution in [-0.4, -0.2) is 29.4 Å². The predicted octanol–water partition coefficient (Wildman–Crippen LogP) is 2.33. The van der Waals surface area contributed by atoms with Gasteiger partial charge in [-0.2, -0.15) is 0 Å². The third-order valence-corrected chi connectivity index (χ3v) is 2.23. The van der Waals surface area contributed by atoms with Crippen LogP contribution in [0.4, 0.5) is 13.2 Å². The standard InChI is InChI=1S/C12H9F3N2O5/c1-19-11(18)10-17-7(6-21-10)5-20-8-2-3-9(16-4-8)22-12(13,14)15/h2-4,6H,5H2,1H3. The van der Waals surface area contributed by atoms with Crippen LogP contribution in [0.5, 0.6) is 11.6 Å². The normalized spacial score (nSPS) is 11.1. The molecule has 0 unspecified atom stereocenters. The molecule has 0 amide bonds. The molecule has 0 aliphatic rings. The molecule has 2 rings (SSSR count). The monoisotopic (exact) mass is 318 g/mol. The topological polar surface area (TPSA) is 83.7 Å². The summed E-state index contributed by atoms with van der Waals surface area (Å²) in [6, 6.07) is 2.25. The minimum Gasteiger partial charge on any atom is -0.486 e. The van der Waals surface area contributed by atoms with Gasteiger partial charge in [0, 0.05) is 6.07 Å². The van der Waals surface area contributed by atoms with E-state index in [9.17, 15) is 18.0 Å². The fraction of sp³-hybridized carbons (Fsp3) is 0.250. The van der Waals surface area contributed by atoms with E-state index in [0.29, 0.717) is 5.69 Å². The van der Waals surface area contributed by atoms with E-state index in [0.717, 1.165) is 12.3 Å². The number of pyridine rings is 1. The predicted molar refractivity (Wildman–Crippen MR) is 63.1 cm³/mol. The summed E-state index contributed by atoms with van der Waals surface area (Å²) in [6.45, 7) is -0.0678. The largest absolute Gasteiger partial charge is 0.574 e. The highest BCUT2D eigenvalue weighted by Crippen LogP contribution is 2.22. The Kier molecular flexibility index (Phi) is 4.49. The van der Waals surface area contributed by atoms with Crippen LogP contribution in [0.1, 0.15) is 16.4 Å². The van der Waals surface area contributed by atoms with E-state index in [1.54, 1.807) is 0 Å². The second-order valence-electron chi connectivity index (χ2n) is 3.80. The molecule has 0 N–H and O–H groups in total. The Morgan fingerprint density at radius 3 is 2.73 bits per heavy atom. The van der Waals surface area contributed by atoms with Gasteiger partial charge in [-0.15, -0.1) is 13.2 Å². The number of aromatic nitrogens is 2. The first kappa shape index (κ1) is 15.6. The third-order valence-electron chi connectivity index (χ3n) is 2.23. The van der Waals surface area contributed by atoms with Gasteiger partial charge in [0.25, 0.3) is 0 Å². The third kappa shape index (κ3) is 4.36. The quantitative estimate of drug-likeness (QED) is 0.782. The fourth-order valence-electron chi connectivity index (χ4n) is 1.34. The average molecular weight is 318 g/mol. The molecule has 0 saturated heterocycles. The van der Waals surface area contributed by atoms with Crippen LogP contribution in [0.2, 0.25) is 0 Å². The molecule has 0 saturated carbocycles. The van der Waals surface area contributed by atoms with Crippen LogP contribution in [0.15, 0.2) is 29.0 Å². The maximum atomic E-state index is 12.0. The summed E-state index contributed by atoms with van der Waals surface area (Å²) in [6.07, 6.45) is -2.55. The minimum atomic E-state index is -4.81. The van der Waals surface area contributed by atoms with Gasteiger partial charge in [-0.1, -0.05) is 0 Å². The maximum absolute atomic E-state index is 12.0. The molecule has 0 aliphatic heterocycles. The van der Waals surface area contributed by atoms with E-state index in [-0.39, 0.29) is 18.2 Å². The molecule has 10 heteroatoms. The Balaban J connectivity index is 1.91. The van der Waals surface area contributed by atoms with Gasteiger partial charge in [-0.25, -0.2) is 14.8 Å². The van der Waals surface area contributed by atoms with Crippen molar-refractivity contribution in [3.8, 4) is 11.6 Å². The number of rotatable bonds is 5. The van der Waals surface area contributed by atoms with E-state index in [1.807, 2.05) is 0 Å². The summed E-state index contributed by atoms with van der Waals surface area (Å²) in [7, 11) is 1.18. The van der Waals surface area contributed by atoms with E-state index in [4.69, 9.17) is 9.15 Å². The zero-order chi connectivity index (χ0) is 16.2. The Morgan fingerprint density at radius 1 is 1.36 bits per heavy atom. The second kappa shape index (κ2) is 6.33. The summed E-state index contributed by atoms with van der Waals surface area (Å²) in [5.41, 5.74) is 0.302. The van der Waals surface area contributed by atoms with Crippen LogP contribution in [0, 0.1) is 0 Å². The zero-order valence-electron chi connectivity index (χ0n) is 11.1. The Labute approximate surface area is 121 Å². The average Bonchev–Trinajstić information content (AvgIpc) is 2.93. The highest BCUT2D eigenvalue weighted by Gasteiger charge is 2.31. The van der Waals surface area contributed by atoms with Crippen LogP contribution in [0.25, 0.3) is 0 Å². The molecule has 2 aromatic rings. The first-order valence-corrected chi connectivity index (χ1v) is 5.74. The van der Waals surface area contributed by atoms with E-state index >= 15 is 0 Å². The highest BCUT2D eigenvalue weighted by molar-refractivity contribution is 5.83. The molecule has 0 radical (unpaired) electrons. The SMILES string of the molecule is COC(=O)c1nc(COc2ccc(OC(F)(F)F)nc2)co1. The van der Waals surface area contributed by atoms with Gasteiger partial charge < -0.3 is 18.6 Å². The van der Waals surface area contributed by atoms with Gasteiger partial charge in [0.1, 0.15) is 24.3 Å². The molecule has 2 heterocycles. The molecular weight excluding hydrogens is 309 g/mol. The molecule has 118 valence electrons. The van der Waals surface area contributed by atoms with Crippen molar-refractivity contribution in [2.24, 2.45) is 0 Å². The van der Waals surface area contributed by atoms with E-state index in [2.05, 4.69) is 19.4 Å². The number of carbonyl (C=O) groups excluding carboxylic acids is 1. The van der Waals surface area contributed by atoms with Gasteiger partial charge in [0.2, 0.25) is 5.88 Å². The van der Waals surface area contributed by atoms with Crippen molar-refractivity contribution in [2.45, 2.75) is 13.0 Å². The molecule has 2 aromatic heterocycles. The number of hydrogen-bond donors (Lipinski definition) is 0. The lowest BCUT2D eigenvalue weighted by Gasteiger charge is -2.08. The fourth-order valence-corrected chi connectivity index (χ4v) is 1.34. The van der Waals surface area contributed by atoms with Crippen molar-refractivity contribution in [3.63, 3.8) is 0 Å². The number of esters is 1. The number of ether oxygens (including phenoxy) is 3. The number of alkyl halides is 3. The first-order valence-electron chi connectivity index (χ1n) is 5.74. The van der Waals surface area contributed by atoms with Gasteiger partial charge in [-0.05, 0) is 6.07 Å². The highest BCUT2D eigenvalue weighted by atomic mass is 19.4. The molecule has 0 fully saturated rings. The zero-order valence-corrected chi connectivity index (χ0v) is 11.1. The molecule has 0 bridgehead atoms. The Bertz CT molecular complexity index is 639. The maximum Gasteiger partial charge on any atom is 0.574 e. The van der Waals surface area contributed by atoms with Crippen LogP contribution < -0.4 is 9.47 Å². The van der Waals surface area contributed by atoms with E-state index in [1.165, 1.54) is 19.4 Å². The number of halogens is 3. The first-order chi connectivity index (χ1) is 10.4. The van der Waals surface area contributed by atoms with Crippen LogP contribution in [-0.2, 0) is 11.3 Å². The van der Waals surface area contributed by atoms with Crippen molar-refractivity contribution in [3.05, 3.63) is 36.2 Å². The van der Waals surface area contributed by atoms with Crippen molar-refractivity contribution in [2.75, 3.05) is 7.11 Å². The van der Waals surface area contributed by atoms with Crippen molar-refractivity contribution in [1.29, 1.82) is 0 Å². The summed E-state index contributed by atoms with van der Waals surface area (Å²) in [4.78, 5) is 18.4. The van der Waals surface area contributed by atoms with Crippen molar-refractivity contribution < 1.29 is 36.6 Å². The second-order valence-corrected chi connectivity index (χ2v) is 3.80. The summed E-state index contributed by atoms with van der Waals surface area (Å²) < 4.78 is 54.0. The van der Waals surface area contributed by atoms with Crippen molar-refractivity contribution in [1.82, 2.24) is 9.97 Å². The Hall–Kier alpha value is -2.78. The molecular formula is C12H9F3N2O5. The summed E-state index contributed by atoms with van der Waals surface area (Å²) in [5.74, 6) is -1.37. The van der Waals surface area contributed by atoms with Gasteiger partial charge in [0.15, 0.2) is 0 Å². The smallest absolute Gasteiger partial charge is 0.486 e. The lowest BCUT2D eigenvalue weighted by atomic mass is 10.4. The summed E-state index contributed by atoms with van der Waals surface area (Å²) in [5, 5.41) is 0. The lowest BCUT2D eigenvalue weighted by molar-refractivity contribution is -0.276. The van der Waals surface area contributed by atoms with E-state index < -0.39 is 18.2 Å². The minimum absolute atomic E-state index is 0.0678. The lowest BCUT2D eigenvalue weighted by Crippen LogP contribution is -2.17. The number of carbonyl (C=O) groups is 1. The van der Waals surface area contributed by atoms with Gasteiger partial charge in [0.05, 0.1) is 13.3 Å². The molecule has 7 nitrogen and oxygen atoms in total. The molecule has 0 atom stereocenters. The van der Waals surface area contributed by atoms with Crippen LogP contribution in [0.3, 0.4) is 0 Å².